The van der Waals surface area contributed by atoms with E-state index in [2.05, 4.69) is 35.6 Å². The van der Waals surface area contributed by atoms with Gasteiger partial charge in [0.2, 0.25) is 0 Å². The number of ether oxygens (including phenoxy) is 1. The van der Waals surface area contributed by atoms with Crippen LogP contribution in [0.1, 0.15) is 45.1 Å². The fourth-order valence-corrected chi connectivity index (χ4v) is 3.14. The van der Waals surface area contributed by atoms with Crippen molar-refractivity contribution in [2.75, 3.05) is 13.1 Å². The van der Waals surface area contributed by atoms with Gasteiger partial charge in [-0.05, 0) is 39.2 Å². The number of hydrogen-bond acceptors (Lipinski definition) is 3. The normalized spacial score (nSPS) is 27.8. The van der Waals surface area contributed by atoms with Crippen molar-refractivity contribution in [3.63, 3.8) is 0 Å². The second-order valence-corrected chi connectivity index (χ2v) is 7.44. The van der Waals surface area contributed by atoms with Gasteiger partial charge in [0.1, 0.15) is 5.60 Å². The van der Waals surface area contributed by atoms with Gasteiger partial charge in [-0.1, -0.05) is 30.3 Å². The molecule has 1 saturated carbocycles. The third-order valence-corrected chi connectivity index (χ3v) is 4.31. The molecule has 3 atom stereocenters. The van der Waals surface area contributed by atoms with E-state index in [0.717, 1.165) is 19.5 Å². The van der Waals surface area contributed by atoms with Crippen molar-refractivity contribution in [3.05, 3.63) is 35.9 Å². The Balaban J connectivity index is 1.46. The predicted octanol–water partition coefficient (Wildman–Crippen LogP) is 3.14. The molecular weight excluding hydrogens is 276 g/mol. The molecule has 0 spiro atoms. The summed E-state index contributed by atoms with van der Waals surface area (Å²) in [4.78, 5) is 13.9. The molecule has 1 saturated heterocycles. The molecular formula is C18H26N2O2. The highest BCUT2D eigenvalue weighted by Gasteiger charge is 2.41. The molecule has 2 aliphatic rings. The summed E-state index contributed by atoms with van der Waals surface area (Å²) >= 11 is 0. The number of hydrogen-bond donors (Lipinski definition) is 1. The molecule has 1 amide bonds. The van der Waals surface area contributed by atoms with Gasteiger partial charge in [-0.15, -0.1) is 0 Å². The highest BCUT2D eigenvalue weighted by Crippen LogP contribution is 2.41. The number of benzene rings is 1. The molecule has 1 aliphatic heterocycles. The summed E-state index contributed by atoms with van der Waals surface area (Å²) in [7, 11) is 0. The Morgan fingerprint density at radius 1 is 1.27 bits per heavy atom. The fraction of sp³-hybridized carbons (Fsp3) is 0.611. The molecule has 1 aliphatic carbocycles. The van der Waals surface area contributed by atoms with Gasteiger partial charge in [-0.25, -0.2) is 4.79 Å². The maximum absolute atomic E-state index is 12.1. The summed E-state index contributed by atoms with van der Waals surface area (Å²) in [5, 5.41) is 3.70. The third kappa shape index (κ3) is 3.80. The first-order valence-electron chi connectivity index (χ1n) is 8.21. The van der Waals surface area contributed by atoms with Crippen LogP contribution >= 0.6 is 0 Å². The van der Waals surface area contributed by atoms with E-state index in [9.17, 15) is 4.79 Å². The van der Waals surface area contributed by atoms with Crippen LogP contribution in [0.4, 0.5) is 4.79 Å². The molecule has 2 fully saturated rings. The van der Waals surface area contributed by atoms with Gasteiger partial charge >= 0.3 is 6.09 Å². The van der Waals surface area contributed by atoms with Crippen LogP contribution < -0.4 is 5.32 Å². The molecule has 0 radical (unpaired) electrons. The van der Waals surface area contributed by atoms with Gasteiger partial charge in [0.15, 0.2) is 0 Å². The monoisotopic (exact) mass is 302 g/mol. The van der Waals surface area contributed by atoms with Crippen LogP contribution in [-0.2, 0) is 4.74 Å². The van der Waals surface area contributed by atoms with Crippen molar-refractivity contribution in [1.82, 2.24) is 10.2 Å². The molecule has 1 N–H and O–H groups in total. The Labute approximate surface area is 132 Å². The average molecular weight is 302 g/mol. The lowest BCUT2D eigenvalue weighted by molar-refractivity contribution is 0.0291. The van der Waals surface area contributed by atoms with E-state index in [1.165, 1.54) is 12.0 Å². The summed E-state index contributed by atoms with van der Waals surface area (Å²) < 4.78 is 5.44. The average Bonchev–Trinajstić information content (AvgIpc) is 3.04. The molecule has 120 valence electrons. The summed E-state index contributed by atoms with van der Waals surface area (Å²) in [6.45, 7) is 7.27. The molecule has 3 unspecified atom stereocenters. The first-order valence-corrected chi connectivity index (χ1v) is 8.21. The first-order chi connectivity index (χ1) is 10.4. The standard InChI is InChI=1S/C18H26N2O2/c1-18(2,3)22-17(21)20-10-9-14(12-20)19-16-11-15(16)13-7-5-4-6-8-13/h4-8,14-16,19H,9-12H2,1-3H3. The van der Waals surface area contributed by atoms with Crippen LogP contribution in [0.5, 0.6) is 0 Å². The van der Waals surface area contributed by atoms with E-state index in [0.29, 0.717) is 18.0 Å². The van der Waals surface area contributed by atoms with Gasteiger partial charge in [0, 0.05) is 31.1 Å². The lowest BCUT2D eigenvalue weighted by Gasteiger charge is -2.24. The molecule has 22 heavy (non-hydrogen) atoms. The molecule has 3 rings (SSSR count). The minimum atomic E-state index is -0.419. The zero-order valence-corrected chi connectivity index (χ0v) is 13.7. The Hall–Kier alpha value is -1.55. The molecule has 0 bridgehead atoms. The number of amides is 1. The molecule has 4 heteroatoms. The van der Waals surface area contributed by atoms with E-state index >= 15 is 0 Å². The van der Waals surface area contributed by atoms with Crippen LogP contribution in [0.15, 0.2) is 30.3 Å². The molecule has 4 nitrogen and oxygen atoms in total. The highest BCUT2D eigenvalue weighted by atomic mass is 16.6. The molecule has 0 aromatic heterocycles. The minimum Gasteiger partial charge on any atom is -0.444 e. The van der Waals surface area contributed by atoms with Crippen molar-refractivity contribution in [3.8, 4) is 0 Å². The Kier molecular flexibility index (Phi) is 4.13. The van der Waals surface area contributed by atoms with Crippen LogP contribution in [0, 0.1) is 0 Å². The van der Waals surface area contributed by atoms with Crippen LogP contribution in [0.3, 0.4) is 0 Å². The maximum Gasteiger partial charge on any atom is 0.410 e. The second kappa shape index (κ2) is 5.92. The fourth-order valence-electron chi connectivity index (χ4n) is 3.14. The zero-order chi connectivity index (χ0) is 15.7. The van der Waals surface area contributed by atoms with E-state index in [-0.39, 0.29) is 6.09 Å². The van der Waals surface area contributed by atoms with Crippen molar-refractivity contribution >= 4 is 6.09 Å². The highest BCUT2D eigenvalue weighted by molar-refractivity contribution is 5.68. The predicted molar refractivity (Wildman–Crippen MR) is 86.9 cm³/mol. The number of nitrogens with one attached hydrogen (secondary N) is 1. The molecule has 1 aromatic carbocycles. The van der Waals surface area contributed by atoms with Crippen molar-refractivity contribution in [2.24, 2.45) is 0 Å². The van der Waals surface area contributed by atoms with E-state index in [1.54, 1.807) is 0 Å². The summed E-state index contributed by atoms with van der Waals surface area (Å²) in [6.07, 6.45) is 2.02. The van der Waals surface area contributed by atoms with Gasteiger partial charge in [-0.2, -0.15) is 0 Å². The summed E-state index contributed by atoms with van der Waals surface area (Å²) in [5.41, 5.74) is 0.999. The second-order valence-electron chi connectivity index (χ2n) is 7.44. The topological polar surface area (TPSA) is 41.6 Å². The number of carbonyl (C=O) groups excluding carboxylic acids is 1. The first kappa shape index (κ1) is 15.3. The quantitative estimate of drug-likeness (QED) is 0.932. The lowest BCUT2D eigenvalue weighted by atomic mass is 10.1. The smallest absolute Gasteiger partial charge is 0.410 e. The summed E-state index contributed by atoms with van der Waals surface area (Å²) in [6, 6.07) is 11.6. The molecule has 1 aromatic rings. The SMILES string of the molecule is CC(C)(C)OC(=O)N1CCC(NC2CC2c2ccccc2)C1. The largest absolute Gasteiger partial charge is 0.444 e. The van der Waals surface area contributed by atoms with Gasteiger partial charge in [-0.3, -0.25) is 0 Å². The van der Waals surface area contributed by atoms with Gasteiger partial charge in [0.25, 0.3) is 0 Å². The Morgan fingerprint density at radius 3 is 2.68 bits per heavy atom. The van der Waals surface area contributed by atoms with Crippen LogP contribution in [-0.4, -0.2) is 41.8 Å². The van der Waals surface area contributed by atoms with E-state index in [1.807, 2.05) is 25.7 Å². The zero-order valence-electron chi connectivity index (χ0n) is 13.7. The van der Waals surface area contributed by atoms with Crippen molar-refractivity contribution < 1.29 is 9.53 Å². The maximum atomic E-state index is 12.1. The summed E-state index contributed by atoms with van der Waals surface area (Å²) in [5.74, 6) is 0.636. The Bertz CT molecular complexity index is 524. The number of rotatable bonds is 3. The van der Waals surface area contributed by atoms with Crippen molar-refractivity contribution in [1.29, 1.82) is 0 Å². The van der Waals surface area contributed by atoms with Gasteiger partial charge in [0.05, 0.1) is 0 Å². The van der Waals surface area contributed by atoms with Crippen molar-refractivity contribution in [2.45, 2.75) is 57.2 Å². The lowest BCUT2D eigenvalue weighted by Crippen LogP contribution is -2.39. The molecule has 1 heterocycles. The Morgan fingerprint density at radius 2 is 2.00 bits per heavy atom. The minimum absolute atomic E-state index is 0.188. The van der Waals surface area contributed by atoms with E-state index in [4.69, 9.17) is 4.74 Å². The third-order valence-electron chi connectivity index (χ3n) is 4.31. The van der Waals surface area contributed by atoms with Gasteiger partial charge < -0.3 is 15.0 Å². The number of nitrogens with zero attached hydrogens (tertiary/aromatic N) is 1. The van der Waals surface area contributed by atoms with Crippen LogP contribution in [0.25, 0.3) is 0 Å². The van der Waals surface area contributed by atoms with E-state index < -0.39 is 5.60 Å². The van der Waals surface area contributed by atoms with Crippen LogP contribution in [0.2, 0.25) is 0 Å². The number of likely N-dealkylation sites (tertiary alicyclic amines) is 1. The number of carbonyl (C=O) groups is 1.